The molecular weight excluding hydrogens is 258 g/mol. The van der Waals surface area contributed by atoms with Crippen molar-refractivity contribution in [1.29, 1.82) is 0 Å². The summed E-state index contributed by atoms with van der Waals surface area (Å²) in [5, 5.41) is 2.80. The third-order valence-corrected chi connectivity index (χ3v) is 3.42. The first-order chi connectivity index (χ1) is 7.18. The Kier molecular flexibility index (Phi) is 3.07. The molecule has 0 bridgehead atoms. The van der Waals surface area contributed by atoms with Gasteiger partial charge in [-0.05, 0) is 24.1 Å². The number of morpholine rings is 1. The highest BCUT2D eigenvalue weighted by atomic mass is 79.9. The van der Waals surface area contributed by atoms with Gasteiger partial charge in [0.05, 0.1) is 0 Å². The molecule has 15 heavy (non-hydrogen) atoms. The molecule has 0 aromatic heterocycles. The van der Waals surface area contributed by atoms with Gasteiger partial charge in [0.2, 0.25) is 5.91 Å². The molecule has 1 fully saturated rings. The molecule has 1 aromatic rings. The fourth-order valence-corrected chi connectivity index (χ4v) is 2.05. The first kappa shape index (κ1) is 10.6. The quantitative estimate of drug-likeness (QED) is 0.847. The van der Waals surface area contributed by atoms with Gasteiger partial charge in [0, 0.05) is 11.0 Å². The van der Waals surface area contributed by atoms with Gasteiger partial charge in [0.15, 0.2) is 0 Å². The lowest BCUT2D eigenvalue weighted by Crippen LogP contribution is -2.38. The van der Waals surface area contributed by atoms with E-state index < -0.39 is 0 Å². The molecule has 1 aromatic carbocycles. The Bertz CT molecular complexity index is 382. The Labute approximate surface area is 96.9 Å². The summed E-state index contributed by atoms with van der Waals surface area (Å²) in [7, 11) is 0. The van der Waals surface area contributed by atoms with Gasteiger partial charge in [-0.1, -0.05) is 28.1 Å². The van der Waals surface area contributed by atoms with Crippen LogP contribution in [0.3, 0.4) is 0 Å². The summed E-state index contributed by atoms with van der Waals surface area (Å²) >= 11 is 3.48. The van der Waals surface area contributed by atoms with E-state index >= 15 is 0 Å². The molecule has 1 aliphatic heterocycles. The number of carbonyl (C=O) groups is 1. The van der Waals surface area contributed by atoms with E-state index in [4.69, 9.17) is 4.74 Å². The van der Waals surface area contributed by atoms with Gasteiger partial charge in [-0.3, -0.25) is 4.79 Å². The predicted molar refractivity (Wildman–Crippen MR) is 60.6 cm³/mol. The van der Waals surface area contributed by atoms with E-state index in [0.29, 0.717) is 6.54 Å². The summed E-state index contributed by atoms with van der Waals surface area (Å²) < 4.78 is 6.55. The molecule has 1 aliphatic rings. The van der Waals surface area contributed by atoms with Crippen LogP contribution < -0.4 is 5.32 Å². The third-order valence-electron chi connectivity index (χ3n) is 2.56. The van der Waals surface area contributed by atoms with Crippen molar-refractivity contribution in [3.63, 3.8) is 0 Å². The molecule has 1 N–H and O–H groups in total. The maximum atomic E-state index is 10.9. The van der Waals surface area contributed by atoms with E-state index in [1.54, 1.807) is 0 Å². The minimum atomic E-state index is -0.0427. The largest absolute Gasteiger partial charge is 0.362 e. The molecule has 0 spiro atoms. The second-order valence-electron chi connectivity index (χ2n) is 3.56. The van der Waals surface area contributed by atoms with E-state index in [0.717, 1.165) is 10.0 Å². The molecule has 1 heterocycles. The van der Waals surface area contributed by atoms with Crippen LogP contribution in [-0.4, -0.2) is 19.1 Å². The summed E-state index contributed by atoms with van der Waals surface area (Å²) in [6.45, 7) is 2.74. The Morgan fingerprint density at radius 3 is 3.00 bits per heavy atom. The number of rotatable bonds is 1. The molecule has 2 rings (SSSR count). The van der Waals surface area contributed by atoms with Gasteiger partial charge in [-0.25, -0.2) is 0 Å². The van der Waals surface area contributed by atoms with Crippen molar-refractivity contribution in [2.75, 3.05) is 13.2 Å². The Morgan fingerprint density at radius 1 is 1.53 bits per heavy atom. The molecule has 1 amide bonds. The normalized spacial score (nSPS) is 21.2. The van der Waals surface area contributed by atoms with Crippen LogP contribution in [0.5, 0.6) is 0 Å². The van der Waals surface area contributed by atoms with Crippen molar-refractivity contribution in [2.45, 2.75) is 13.0 Å². The van der Waals surface area contributed by atoms with Crippen LogP contribution in [0.15, 0.2) is 22.7 Å². The maximum Gasteiger partial charge on any atom is 0.246 e. The molecule has 0 saturated carbocycles. The van der Waals surface area contributed by atoms with Crippen LogP contribution in [0.4, 0.5) is 0 Å². The van der Waals surface area contributed by atoms with Crippen molar-refractivity contribution < 1.29 is 9.53 Å². The zero-order valence-electron chi connectivity index (χ0n) is 8.42. The molecule has 80 valence electrons. The highest BCUT2D eigenvalue weighted by Crippen LogP contribution is 2.27. The molecule has 1 atom stereocenters. The standard InChI is InChI=1S/C11H12BrNO2/c1-7-8(3-2-4-9(7)12)10-5-13-11(14)6-15-10/h2-4,10H,5-6H2,1H3,(H,13,14). The average Bonchev–Trinajstić information content (AvgIpc) is 2.24. The van der Waals surface area contributed by atoms with Crippen molar-refractivity contribution in [1.82, 2.24) is 5.32 Å². The van der Waals surface area contributed by atoms with Crippen LogP contribution >= 0.6 is 15.9 Å². The molecular formula is C11H12BrNO2. The Morgan fingerprint density at radius 2 is 2.33 bits per heavy atom. The Balaban J connectivity index is 2.22. The van der Waals surface area contributed by atoms with Gasteiger partial charge in [-0.2, -0.15) is 0 Å². The molecule has 3 nitrogen and oxygen atoms in total. The molecule has 4 heteroatoms. The minimum absolute atomic E-state index is 0.0276. The zero-order valence-corrected chi connectivity index (χ0v) is 10.0. The lowest BCUT2D eigenvalue weighted by Gasteiger charge is -2.25. The van der Waals surface area contributed by atoms with Crippen LogP contribution in [0, 0.1) is 6.92 Å². The zero-order chi connectivity index (χ0) is 10.8. The lowest BCUT2D eigenvalue weighted by molar-refractivity contribution is -0.133. The molecule has 1 saturated heterocycles. The van der Waals surface area contributed by atoms with Crippen molar-refractivity contribution >= 4 is 21.8 Å². The number of nitrogens with one attached hydrogen (secondary N) is 1. The van der Waals surface area contributed by atoms with Crippen molar-refractivity contribution in [3.8, 4) is 0 Å². The summed E-state index contributed by atoms with van der Waals surface area (Å²) in [6.07, 6.45) is -0.0276. The first-order valence-corrected chi connectivity index (χ1v) is 5.61. The topological polar surface area (TPSA) is 38.3 Å². The van der Waals surface area contributed by atoms with Gasteiger partial charge in [0.25, 0.3) is 0 Å². The highest BCUT2D eigenvalue weighted by molar-refractivity contribution is 9.10. The van der Waals surface area contributed by atoms with E-state index in [-0.39, 0.29) is 18.6 Å². The van der Waals surface area contributed by atoms with Gasteiger partial charge in [-0.15, -0.1) is 0 Å². The number of benzene rings is 1. The summed E-state index contributed by atoms with van der Waals surface area (Å²) in [5.74, 6) is -0.0427. The monoisotopic (exact) mass is 269 g/mol. The number of hydrogen-bond acceptors (Lipinski definition) is 2. The molecule has 0 aliphatic carbocycles. The van der Waals surface area contributed by atoms with E-state index in [1.807, 2.05) is 25.1 Å². The van der Waals surface area contributed by atoms with Crippen molar-refractivity contribution in [2.24, 2.45) is 0 Å². The Hall–Kier alpha value is -0.870. The number of ether oxygens (including phenoxy) is 1. The van der Waals surface area contributed by atoms with E-state index in [9.17, 15) is 4.79 Å². The predicted octanol–water partition coefficient (Wildman–Crippen LogP) is 1.95. The van der Waals surface area contributed by atoms with Crippen molar-refractivity contribution in [3.05, 3.63) is 33.8 Å². The van der Waals surface area contributed by atoms with Crippen LogP contribution in [0.25, 0.3) is 0 Å². The van der Waals surface area contributed by atoms with Crippen LogP contribution in [-0.2, 0) is 9.53 Å². The molecule has 1 unspecified atom stereocenters. The SMILES string of the molecule is Cc1c(Br)cccc1C1CNC(=O)CO1. The number of amides is 1. The number of carbonyl (C=O) groups excluding carboxylic acids is 1. The smallest absolute Gasteiger partial charge is 0.246 e. The second-order valence-corrected chi connectivity index (χ2v) is 4.41. The van der Waals surface area contributed by atoms with E-state index in [1.165, 1.54) is 5.56 Å². The minimum Gasteiger partial charge on any atom is -0.362 e. The van der Waals surface area contributed by atoms with Crippen LogP contribution in [0.1, 0.15) is 17.2 Å². The second kappa shape index (κ2) is 4.33. The fourth-order valence-electron chi connectivity index (χ4n) is 1.67. The molecule has 0 radical (unpaired) electrons. The summed E-state index contributed by atoms with van der Waals surface area (Å²) in [6, 6.07) is 6.01. The van der Waals surface area contributed by atoms with E-state index in [2.05, 4.69) is 21.2 Å². The van der Waals surface area contributed by atoms with Gasteiger partial charge < -0.3 is 10.1 Å². The number of hydrogen-bond donors (Lipinski definition) is 1. The maximum absolute atomic E-state index is 10.9. The average molecular weight is 270 g/mol. The summed E-state index contributed by atoms with van der Waals surface area (Å²) in [4.78, 5) is 10.9. The van der Waals surface area contributed by atoms with Crippen LogP contribution in [0.2, 0.25) is 0 Å². The number of halogens is 1. The lowest BCUT2D eigenvalue weighted by atomic mass is 10.0. The highest BCUT2D eigenvalue weighted by Gasteiger charge is 2.21. The third kappa shape index (κ3) is 2.21. The fraction of sp³-hybridized carbons (Fsp3) is 0.364. The summed E-state index contributed by atoms with van der Waals surface area (Å²) in [5.41, 5.74) is 2.29. The van der Waals surface area contributed by atoms with Gasteiger partial charge in [0.1, 0.15) is 12.7 Å². The van der Waals surface area contributed by atoms with Gasteiger partial charge >= 0.3 is 0 Å². The first-order valence-electron chi connectivity index (χ1n) is 4.82.